The number of anilines is 1. The number of nitro groups is 1. The minimum absolute atomic E-state index is 0.0334. The maximum absolute atomic E-state index is 13.2. The second kappa shape index (κ2) is 7.31. The first-order valence-electron chi connectivity index (χ1n) is 9.20. The van der Waals surface area contributed by atoms with Crippen molar-refractivity contribution in [3.8, 4) is 10.6 Å². The Morgan fingerprint density at radius 3 is 2.82 bits per heavy atom. The van der Waals surface area contributed by atoms with Crippen LogP contribution in [0, 0.1) is 15.9 Å². The summed E-state index contributed by atoms with van der Waals surface area (Å²) in [6.07, 6.45) is 3.23. The lowest BCUT2D eigenvalue weighted by Gasteiger charge is -2.22. The highest BCUT2D eigenvalue weighted by Crippen LogP contribution is 2.40. The van der Waals surface area contributed by atoms with Crippen LogP contribution in [-0.2, 0) is 19.9 Å². The van der Waals surface area contributed by atoms with Crippen LogP contribution >= 0.6 is 11.3 Å². The van der Waals surface area contributed by atoms with Crippen LogP contribution in [0.1, 0.15) is 42.1 Å². The van der Waals surface area contributed by atoms with Gasteiger partial charge in [0.05, 0.1) is 16.7 Å². The predicted octanol–water partition coefficient (Wildman–Crippen LogP) is 4.64. The number of hydrogen-bond donors (Lipinski definition) is 1. The molecule has 0 saturated heterocycles. The highest BCUT2D eigenvalue weighted by molar-refractivity contribution is 7.15. The van der Waals surface area contributed by atoms with Gasteiger partial charge in [-0.25, -0.2) is 14.1 Å². The van der Waals surface area contributed by atoms with Crippen molar-refractivity contribution in [3.05, 3.63) is 56.5 Å². The topological polar surface area (TPSA) is 85.9 Å². The van der Waals surface area contributed by atoms with E-state index in [1.165, 1.54) is 17.0 Å². The Morgan fingerprint density at radius 1 is 1.39 bits per heavy atom. The van der Waals surface area contributed by atoms with Crippen molar-refractivity contribution >= 4 is 22.8 Å². The van der Waals surface area contributed by atoms with E-state index in [2.05, 4.69) is 10.4 Å². The minimum Gasteiger partial charge on any atom is -0.356 e. The van der Waals surface area contributed by atoms with Gasteiger partial charge in [0.2, 0.25) is 5.82 Å². The third-order valence-corrected chi connectivity index (χ3v) is 6.15. The summed E-state index contributed by atoms with van der Waals surface area (Å²) in [7, 11) is 1.71. The fourth-order valence-corrected chi connectivity index (χ4v) is 4.77. The Kier molecular flexibility index (Phi) is 4.84. The molecule has 0 radical (unpaired) electrons. The van der Waals surface area contributed by atoms with Gasteiger partial charge in [0.1, 0.15) is 16.5 Å². The zero-order chi connectivity index (χ0) is 19.8. The standard InChI is InChI=1S/C19H20FN5O2S/c1-3-13-17(25(26)27)18(24(2)23-13)21-14-5-4-6-15-16(14)22-19(28-15)11-7-9-12(20)10-8-11/h7-10,14,21H,3-6H2,1-2H3. The lowest BCUT2D eigenvalue weighted by Crippen LogP contribution is -2.19. The monoisotopic (exact) mass is 401 g/mol. The van der Waals surface area contributed by atoms with Crippen molar-refractivity contribution in [1.82, 2.24) is 14.8 Å². The molecule has 7 nitrogen and oxygen atoms in total. The summed E-state index contributed by atoms with van der Waals surface area (Å²) in [4.78, 5) is 17.2. The van der Waals surface area contributed by atoms with Crippen molar-refractivity contribution in [3.63, 3.8) is 0 Å². The van der Waals surface area contributed by atoms with Crippen LogP contribution in [0.4, 0.5) is 15.9 Å². The van der Waals surface area contributed by atoms with Gasteiger partial charge in [-0.3, -0.25) is 10.1 Å². The van der Waals surface area contributed by atoms with Gasteiger partial charge < -0.3 is 5.32 Å². The number of benzene rings is 1. The van der Waals surface area contributed by atoms with Gasteiger partial charge in [0.15, 0.2) is 0 Å². The molecular formula is C19H20FN5O2S. The second-order valence-electron chi connectivity index (χ2n) is 6.80. The maximum atomic E-state index is 13.2. The van der Waals surface area contributed by atoms with E-state index >= 15 is 0 Å². The van der Waals surface area contributed by atoms with E-state index in [-0.39, 0.29) is 22.5 Å². The summed E-state index contributed by atoms with van der Waals surface area (Å²) >= 11 is 1.60. The van der Waals surface area contributed by atoms with E-state index in [9.17, 15) is 14.5 Å². The van der Waals surface area contributed by atoms with Crippen molar-refractivity contribution in [1.29, 1.82) is 0 Å². The van der Waals surface area contributed by atoms with Crippen LogP contribution in [0.5, 0.6) is 0 Å². The number of rotatable bonds is 5. The van der Waals surface area contributed by atoms with E-state index in [4.69, 9.17) is 4.98 Å². The first-order chi connectivity index (χ1) is 13.5. The number of aryl methyl sites for hydroxylation is 3. The number of hydrogen-bond acceptors (Lipinski definition) is 6. The van der Waals surface area contributed by atoms with Gasteiger partial charge in [0.25, 0.3) is 0 Å². The number of nitrogens with one attached hydrogen (secondary N) is 1. The van der Waals surface area contributed by atoms with Crippen molar-refractivity contribution < 1.29 is 9.31 Å². The number of nitrogens with zero attached hydrogens (tertiary/aromatic N) is 4. The molecule has 0 fully saturated rings. The van der Waals surface area contributed by atoms with Gasteiger partial charge in [0, 0.05) is 17.5 Å². The highest BCUT2D eigenvalue weighted by Gasteiger charge is 2.31. The van der Waals surface area contributed by atoms with Gasteiger partial charge in [-0.1, -0.05) is 6.92 Å². The van der Waals surface area contributed by atoms with E-state index in [1.54, 1.807) is 35.2 Å². The lowest BCUT2D eigenvalue weighted by atomic mass is 9.97. The molecule has 3 aromatic rings. The normalized spacial score (nSPS) is 16.0. The van der Waals surface area contributed by atoms with E-state index in [0.29, 0.717) is 17.9 Å². The molecule has 1 atom stereocenters. The third-order valence-electron chi connectivity index (χ3n) is 4.97. The van der Waals surface area contributed by atoms with Gasteiger partial charge in [-0.15, -0.1) is 11.3 Å². The van der Waals surface area contributed by atoms with Crippen molar-refractivity contribution in [2.75, 3.05) is 5.32 Å². The van der Waals surface area contributed by atoms with E-state index < -0.39 is 0 Å². The Hall–Kier alpha value is -2.81. The SMILES string of the molecule is CCc1nn(C)c(NC2CCCc3sc(-c4ccc(F)cc4)nc32)c1[N+](=O)[O-]. The van der Waals surface area contributed by atoms with Gasteiger partial charge >= 0.3 is 5.69 Å². The van der Waals surface area contributed by atoms with Crippen LogP contribution in [0.3, 0.4) is 0 Å². The van der Waals surface area contributed by atoms with Crippen LogP contribution < -0.4 is 5.32 Å². The molecule has 1 aromatic carbocycles. The van der Waals surface area contributed by atoms with E-state index in [1.807, 2.05) is 6.92 Å². The molecule has 0 aliphatic heterocycles. The molecule has 1 unspecified atom stereocenters. The first-order valence-corrected chi connectivity index (χ1v) is 10.0. The minimum atomic E-state index is -0.372. The van der Waals surface area contributed by atoms with Gasteiger partial charge in [-0.2, -0.15) is 5.10 Å². The van der Waals surface area contributed by atoms with Crippen LogP contribution in [0.15, 0.2) is 24.3 Å². The first kappa shape index (κ1) is 18.5. The Labute approximate surface area is 165 Å². The van der Waals surface area contributed by atoms with Crippen LogP contribution in [-0.4, -0.2) is 19.7 Å². The number of halogens is 1. The largest absolute Gasteiger partial charge is 0.356 e. The Balaban J connectivity index is 1.69. The fourth-order valence-electron chi connectivity index (χ4n) is 3.60. The Bertz CT molecular complexity index is 1030. The van der Waals surface area contributed by atoms with Crippen molar-refractivity contribution in [2.24, 2.45) is 7.05 Å². The average Bonchev–Trinajstić information content (AvgIpc) is 3.24. The summed E-state index contributed by atoms with van der Waals surface area (Å²) in [6.45, 7) is 1.85. The number of fused-ring (bicyclic) bond motifs is 1. The molecule has 4 rings (SSSR count). The summed E-state index contributed by atoms with van der Waals surface area (Å²) in [5.41, 5.74) is 2.30. The third kappa shape index (κ3) is 3.26. The number of thiazole rings is 1. The summed E-state index contributed by atoms with van der Waals surface area (Å²) in [5, 5.41) is 20.0. The molecule has 0 bridgehead atoms. The molecule has 0 amide bonds. The van der Waals surface area contributed by atoms with Crippen LogP contribution in [0.2, 0.25) is 0 Å². The molecule has 1 aliphatic carbocycles. The summed E-state index contributed by atoms with van der Waals surface area (Å²) in [6, 6.07) is 6.18. The quantitative estimate of drug-likeness (QED) is 0.497. The molecule has 0 spiro atoms. The molecule has 1 N–H and O–H groups in total. The molecule has 2 aromatic heterocycles. The lowest BCUT2D eigenvalue weighted by molar-refractivity contribution is -0.384. The Morgan fingerprint density at radius 2 is 2.14 bits per heavy atom. The second-order valence-corrected chi connectivity index (χ2v) is 7.89. The predicted molar refractivity (Wildman–Crippen MR) is 106 cm³/mol. The fraction of sp³-hybridized carbons (Fsp3) is 0.368. The highest BCUT2D eigenvalue weighted by atomic mass is 32.1. The average molecular weight is 401 g/mol. The van der Waals surface area contributed by atoms with Gasteiger partial charge in [-0.05, 0) is 49.9 Å². The molecular weight excluding hydrogens is 381 g/mol. The number of aromatic nitrogens is 3. The zero-order valence-corrected chi connectivity index (χ0v) is 16.4. The molecule has 1 aliphatic rings. The summed E-state index contributed by atoms with van der Waals surface area (Å²) < 4.78 is 14.8. The maximum Gasteiger partial charge on any atom is 0.333 e. The van der Waals surface area contributed by atoms with E-state index in [0.717, 1.165) is 35.5 Å². The van der Waals surface area contributed by atoms with Crippen LogP contribution in [0.25, 0.3) is 10.6 Å². The van der Waals surface area contributed by atoms with Crippen molar-refractivity contribution in [2.45, 2.75) is 38.6 Å². The molecule has 0 saturated carbocycles. The molecule has 9 heteroatoms. The summed E-state index contributed by atoms with van der Waals surface area (Å²) in [5.74, 6) is 0.135. The zero-order valence-electron chi connectivity index (χ0n) is 15.6. The smallest absolute Gasteiger partial charge is 0.333 e. The molecule has 2 heterocycles. The molecule has 146 valence electrons. The molecule has 28 heavy (non-hydrogen) atoms.